The van der Waals surface area contributed by atoms with Crippen molar-refractivity contribution in [3.05, 3.63) is 0 Å². The summed E-state index contributed by atoms with van der Waals surface area (Å²) in [6.45, 7) is 0. The second kappa shape index (κ2) is 2.78. The first-order valence-electron chi connectivity index (χ1n) is 5.03. The molecule has 2 aliphatic carbocycles. The third-order valence-corrected chi connectivity index (χ3v) is 3.77. The number of rotatable bonds is 0. The van der Waals surface area contributed by atoms with Gasteiger partial charge in [-0.15, -0.1) is 6.42 Å². The Morgan fingerprint density at radius 2 is 2.00 bits per heavy atom. The van der Waals surface area contributed by atoms with Gasteiger partial charge in [0.15, 0.2) is 0 Å². The fourth-order valence-corrected chi connectivity index (χ4v) is 3.02. The van der Waals surface area contributed by atoms with Crippen molar-refractivity contribution >= 4 is 0 Å². The van der Waals surface area contributed by atoms with Crippen molar-refractivity contribution in [3.8, 4) is 12.3 Å². The van der Waals surface area contributed by atoms with Crippen LogP contribution in [0.15, 0.2) is 0 Å². The zero-order chi connectivity index (χ0) is 8.60. The summed E-state index contributed by atoms with van der Waals surface area (Å²) in [5.41, 5.74) is 5.93. The zero-order valence-electron chi connectivity index (χ0n) is 7.55. The van der Waals surface area contributed by atoms with E-state index >= 15 is 0 Å². The highest BCUT2D eigenvalue weighted by Gasteiger charge is 2.45. The van der Waals surface area contributed by atoms with Crippen LogP contribution < -0.4 is 5.73 Å². The highest BCUT2D eigenvalue weighted by atomic mass is 14.8. The fourth-order valence-electron chi connectivity index (χ4n) is 3.02. The van der Waals surface area contributed by atoms with Crippen LogP contribution in [-0.2, 0) is 0 Å². The largest absolute Gasteiger partial charge is 0.315 e. The molecule has 0 spiro atoms. The van der Waals surface area contributed by atoms with Gasteiger partial charge >= 0.3 is 0 Å². The maximum Gasteiger partial charge on any atom is 0.0804 e. The molecule has 0 bridgehead atoms. The topological polar surface area (TPSA) is 26.0 Å². The summed E-state index contributed by atoms with van der Waals surface area (Å²) in [4.78, 5) is 0. The monoisotopic (exact) mass is 163 g/mol. The average Bonchev–Trinajstić information content (AvgIpc) is 2.46. The van der Waals surface area contributed by atoms with Crippen LogP contribution in [0.5, 0.6) is 0 Å². The molecule has 0 aromatic rings. The number of nitrogens with two attached hydrogens (primary N) is 1. The summed E-state index contributed by atoms with van der Waals surface area (Å²) < 4.78 is 0. The van der Waals surface area contributed by atoms with Crippen molar-refractivity contribution in [2.75, 3.05) is 0 Å². The van der Waals surface area contributed by atoms with Crippen LogP contribution in [0.1, 0.15) is 38.5 Å². The van der Waals surface area contributed by atoms with E-state index in [9.17, 15) is 0 Å². The van der Waals surface area contributed by atoms with Crippen LogP contribution in [0.2, 0.25) is 0 Å². The van der Waals surface area contributed by atoms with Gasteiger partial charge in [0, 0.05) is 0 Å². The van der Waals surface area contributed by atoms with E-state index in [0.717, 1.165) is 12.3 Å². The first-order valence-corrected chi connectivity index (χ1v) is 5.03. The van der Waals surface area contributed by atoms with Crippen molar-refractivity contribution in [1.82, 2.24) is 0 Å². The first-order chi connectivity index (χ1) is 5.76. The van der Waals surface area contributed by atoms with E-state index in [1.54, 1.807) is 0 Å². The van der Waals surface area contributed by atoms with Crippen LogP contribution in [0.4, 0.5) is 0 Å². The van der Waals surface area contributed by atoms with Gasteiger partial charge in [0.25, 0.3) is 0 Å². The van der Waals surface area contributed by atoms with Gasteiger partial charge in [-0.25, -0.2) is 0 Å². The Kier molecular flexibility index (Phi) is 1.88. The lowest BCUT2D eigenvalue weighted by atomic mass is 9.75. The molecule has 0 saturated heterocycles. The molecular weight excluding hydrogens is 146 g/mol. The summed E-state index contributed by atoms with van der Waals surface area (Å²) >= 11 is 0. The molecule has 3 unspecified atom stereocenters. The van der Waals surface area contributed by atoms with Crippen molar-refractivity contribution in [3.63, 3.8) is 0 Å². The summed E-state index contributed by atoms with van der Waals surface area (Å²) in [5, 5.41) is 0. The van der Waals surface area contributed by atoms with Gasteiger partial charge in [-0.2, -0.15) is 0 Å². The Morgan fingerprint density at radius 1 is 1.25 bits per heavy atom. The van der Waals surface area contributed by atoms with Crippen LogP contribution in [-0.4, -0.2) is 5.54 Å². The van der Waals surface area contributed by atoms with Gasteiger partial charge in [0.05, 0.1) is 5.54 Å². The van der Waals surface area contributed by atoms with Crippen LogP contribution in [0, 0.1) is 24.2 Å². The average molecular weight is 163 g/mol. The Morgan fingerprint density at radius 3 is 2.75 bits per heavy atom. The van der Waals surface area contributed by atoms with Gasteiger partial charge in [-0.1, -0.05) is 25.2 Å². The number of terminal acetylenes is 1. The minimum atomic E-state index is -0.245. The lowest BCUT2D eigenvalue weighted by Gasteiger charge is -2.32. The SMILES string of the molecule is C#CC1(N)CCC2CCCCC21. The number of hydrogen-bond donors (Lipinski definition) is 1. The number of hydrogen-bond acceptors (Lipinski definition) is 1. The second-order valence-corrected chi connectivity index (χ2v) is 4.37. The third kappa shape index (κ3) is 1.06. The summed E-state index contributed by atoms with van der Waals surface area (Å²) in [5.74, 6) is 4.30. The van der Waals surface area contributed by atoms with E-state index < -0.39 is 0 Å². The molecule has 2 saturated carbocycles. The fraction of sp³-hybridized carbons (Fsp3) is 0.818. The highest BCUT2D eigenvalue weighted by Crippen LogP contribution is 2.46. The Labute approximate surface area is 74.7 Å². The molecule has 3 atom stereocenters. The van der Waals surface area contributed by atoms with Crippen molar-refractivity contribution in [2.24, 2.45) is 17.6 Å². The van der Waals surface area contributed by atoms with Gasteiger partial charge in [0.2, 0.25) is 0 Å². The molecule has 1 nitrogen and oxygen atoms in total. The third-order valence-electron chi connectivity index (χ3n) is 3.77. The lowest BCUT2D eigenvalue weighted by Crippen LogP contribution is -2.44. The van der Waals surface area contributed by atoms with Crippen molar-refractivity contribution in [2.45, 2.75) is 44.1 Å². The predicted molar refractivity (Wildman–Crippen MR) is 50.4 cm³/mol. The van der Waals surface area contributed by atoms with E-state index in [4.69, 9.17) is 12.2 Å². The second-order valence-electron chi connectivity index (χ2n) is 4.37. The standard InChI is InChI=1S/C11H17N/c1-2-11(12)8-7-9-5-3-4-6-10(9)11/h1,9-10H,3-8,12H2. The summed E-state index contributed by atoms with van der Waals surface area (Å²) in [7, 11) is 0. The minimum Gasteiger partial charge on any atom is -0.315 e. The normalized spacial score (nSPS) is 46.7. The Bertz CT molecular complexity index is 216. The van der Waals surface area contributed by atoms with Gasteiger partial charge in [0.1, 0.15) is 0 Å². The quantitative estimate of drug-likeness (QED) is 0.542. The van der Waals surface area contributed by atoms with Gasteiger partial charge in [-0.05, 0) is 31.1 Å². The predicted octanol–water partition coefficient (Wildman–Crippen LogP) is 1.92. The van der Waals surface area contributed by atoms with E-state index in [0.29, 0.717) is 5.92 Å². The molecule has 1 heteroatoms. The van der Waals surface area contributed by atoms with Crippen LogP contribution in [0.25, 0.3) is 0 Å². The summed E-state index contributed by atoms with van der Waals surface area (Å²) in [6, 6.07) is 0. The zero-order valence-corrected chi connectivity index (χ0v) is 7.55. The molecule has 2 fully saturated rings. The molecule has 2 N–H and O–H groups in total. The molecule has 0 aromatic carbocycles. The number of fused-ring (bicyclic) bond motifs is 1. The molecule has 0 amide bonds. The molecule has 66 valence electrons. The van der Waals surface area contributed by atoms with E-state index in [1.165, 1.54) is 32.1 Å². The van der Waals surface area contributed by atoms with Crippen molar-refractivity contribution < 1.29 is 0 Å². The molecule has 12 heavy (non-hydrogen) atoms. The molecule has 2 aliphatic rings. The minimum absolute atomic E-state index is 0.245. The lowest BCUT2D eigenvalue weighted by molar-refractivity contribution is 0.234. The highest BCUT2D eigenvalue weighted by molar-refractivity contribution is 5.18. The molecule has 2 rings (SSSR count). The molecular formula is C11H17N. The van der Waals surface area contributed by atoms with Gasteiger partial charge < -0.3 is 5.73 Å². The maximum atomic E-state index is 6.18. The van der Waals surface area contributed by atoms with E-state index in [1.807, 2.05) is 0 Å². The van der Waals surface area contributed by atoms with Crippen LogP contribution in [0.3, 0.4) is 0 Å². The maximum absolute atomic E-state index is 6.18. The van der Waals surface area contributed by atoms with Gasteiger partial charge in [-0.3, -0.25) is 0 Å². The molecule has 0 radical (unpaired) electrons. The Balaban J connectivity index is 2.17. The molecule has 0 aliphatic heterocycles. The van der Waals surface area contributed by atoms with Crippen LogP contribution >= 0.6 is 0 Å². The first kappa shape index (κ1) is 8.13. The Hall–Kier alpha value is -0.480. The smallest absolute Gasteiger partial charge is 0.0804 e. The summed E-state index contributed by atoms with van der Waals surface area (Å²) in [6.07, 6.45) is 13.2. The van der Waals surface area contributed by atoms with E-state index in [2.05, 4.69) is 5.92 Å². The van der Waals surface area contributed by atoms with E-state index in [-0.39, 0.29) is 5.54 Å². The molecule has 0 heterocycles. The molecule has 0 aromatic heterocycles. The van der Waals surface area contributed by atoms with Crippen molar-refractivity contribution in [1.29, 1.82) is 0 Å².